The first-order chi connectivity index (χ1) is 13.6. The molecule has 6 nitrogen and oxygen atoms in total. The zero-order chi connectivity index (χ0) is 19.5. The van der Waals surface area contributed by atoms with Gasteiger partial charge in [0.15, 0.2) is 0 Å². The first kappa shape index (κ1) is 18.7. The number of benzene rings is 1. The summed E-state index contributed by atoms with van der Waals surface area (Å²) in [5, 5.41) is 0. The van der Waals surface area contributed by atoms with Crippen LogP contribution >= 0.6 is 0 Å². The zero-order valence-electron chi connectivity index (χ0n) is 16.3. The summed E-state index contributed by atoms with van der Waals surface area (Å²) in [6.45, 7) is 5.93. The van der Waals surface area contributed by atoms with Crippen LogP contribution in [0, 0.1) is 12.8 Å². The lowest BCUT2D eigenvalue weighted by atomic mass is 9.94. The molecule has 6 heteroatoms. The Kier molecular flexibility index (Phi) is 5.48. The molecular formula is C22H27N3O3. The predicted molar refractivity (Wildman–Crippen MR) is 107 cm³/mol. The fraction of sp³-hybridized carbons (Fsp3) is 0.455. The topological polar surface area (TPSA) is 54.8 Å². The summed E-state index contributed by atoms with van der Waals surface area (Å²) in [7, 11) is 0. The summed E-state index contributed by atoms with van der Waals surface area (Å²) in [6, 6.07) is 9.81. The van der Waals surface area contributed by atoms with Gasteiger partial charge in [0.05, 0.1) is 13.2 Å². The van der Waals surface area contributed by atoms with Crippen molar-refractivity contribution in [2.75, 3.05) is 39.4 Å². The van der Waals surface area contributed by atoms with E-state index in [-0.39, 0.29) is 17.7 Å². The Morgan fingerprint density at radius 1 is 0.964 bits per heavy atom. The lowest BCUT2D eigenvalue weighted by Gasteiger charge is -2.35. The summed E-state index contributed by atoms with van der Waals surface area (Å²) in [5.74, 6) is 0.293. The number of amides is 2. The number of nitrogens with zero attached hydrogens (tertiary/aromatic N) is 3. The summed E-state index contributed by atoms with van der Waals surface area (Å²) in [5.41, 5.74) is 2.85. The van der Waals surface area contributed by atoms with Crippen molar-refractivity contribution in [2.24, 2.45) is 5.92 Å². The second-order valence-electron chi connectivity index (χ2n) is 7.60. The number of likely N-dealkylation sites (tertiary alicyclic amines) is 1. The first-order valence-electron chi connectivity index (χ1n) is 10.0. The second-order valence-corrected chi connectivity index (χ2v) is 7.60. The van der Waals surface area contributed by atoms with Gasteiger partial charge in [-0.05, 0) is 49.6 Å². The quantitative estimate of drug-likeness (QED) is 0.821. The molecule has 2 aliphatic rings. The molecular weight excluding hydrogens is 354 g/mol. The molecule has 1 aromatic carbocycles. The molecule has 148 valence electrons. The van der Waals surface area contributed by atoms with E-state index in [0.717, 1.165) is 24.1 Å². The van der Waals surface area contributed by atoms with Gasteiger partial charge in [0.1, 0.15) is 0 Å². The van der Waals surface area contributed by atoms with Gasteiger partial charge in [-0.2, -0.15) is 0 Å². The number of carbonyl (C=O) groups is 2. The van der Waals surface area contributed by atoms with E-state index in [4.69, 9.17) is 4.74 Å². The van der Waals surface area contributed by atoms with Crippen LogP contribution in [0.2, 0.25) is 0 Å². The molecule has 2 aromatic rings. The van der Waals surface area contributed by atoms with E-state index in [2.05, 4.69) is 0 Å². The number of hydrogen-bond acceptors (Lipinski definition) is 3. The van der Waals surface area contributed by atoms with Crippen LogP contribution in [0.4, 0.5) is 0 Å². The van der Waals surface area contributed by atoms with Crippen LogP contribution < -0.4 is 0 Å². The summed E-state index contributed by atoms with van der Waals surface area (Å²) < 4.78 is 7.36. The third-order valence-electron chi connectivity index (χ3n) is 5.79. The van der Waals surface area contributed by atoms with Crippen LogP contribution in [0.3, 0.4) is 0 Å². The number of aromatic nitrogens is 1. The number of hydrogen-bond donors (Lipinski definition) is 0. The largest absolute Gasteiger partial charge is 0.378 e. The summed E-state index contributed by atoms with van der Waals surface area (Å²) >= 11 is 0. The van der Waals surface area contributed by atoms with Gasteiger partial charge in [-0.15, -0.1) is 0 Å². The average Bonchev–Trinajstić information content (AvgIpc) is 3.28. The minimum Gasteiger partial charge on any atom is -0.378 e. The maximum absolute atomic E-state index is 13.0. The molecule has 3 heterocycles. The zero-order valence-corrected chi connectivity index (χ0v) is 16.3. The first-order valence-corrected chi connectivity index (χ1v) is 10.0. The molecule has 2 aliphatic heterocycles. The van der Waals surface area contributed by atoms with Crippen molar-refractivity contribution >= 4 is 11.8 Å². The third-order valence-corrected chi connectivity index (χ3v) is 5.79. The van der Waals surface area contributed by atoms with Gasteiger partial charge < -0.3 is 19.1 Å². The Labute approximate surface area is 165 Å². The number of ether oxygens (including phenoxy) is 1. The fourth-order valence-electron chi connectivity index (χ4n) is 4.07. The van der Waals surface area contributed by atoms with Crippen molar-refractivity contribution in [3.8, 4) is 5.69 Å². The normalized spacial score (nSPS) is 18.3. The van der Waals surface area contributed by atoms with E-state index in [1.54, 1.807) is 0 Å². The summed E-state index contributed by atoms with van der Waals surface area (Å²) in [6.07, 6.45) is 5.44. The van der Waals surface area contributed by atoms with Crippen molar-refractivity contribution < 1.29 is 14.3 Å². The molecule has 28 heavy (non-hydrogen) atoms. The van der Waals surface area contributed by atoms with Gasteiger partial charge in [-0.1, -0.05) is 6.07 Å². The van der Waals surface area contributed by atoms with Crippen LogP contribution in [0.5, 0.6) is 0 Å². The Morgan fingerprint density at radius 2 is 1.64 bits per heavy atom. The summed E-state index contributed by atoms with van der Waals surface area (Å²) in [4.78, 5) is 29.5. The molecule has 0 bridgehead atoms. The minimum absolute atomic E-state index is 0.0237. The molecule has 0 atom stereocenters. The van der Waals surface area contributed by atoms with E-state index in [1.165, 1.54) is 0 Å². The predicted octanol–water partition coefficient (Wildman–Crippen LogP) is 2.50. The van der Waals surface area contributed by atoms with Gasteiger partial charge in [-0.3, -0.25) is 9.59 Å². The molecule has 0 aliphatic carbocycles. The highest BCUT2D eigenvalue weighted by Crippen LogP contribution is 2.23. The monoisotopic (exact) mass is 381 g/mol. The lowest BCUT2D eigenvalue weighted by Crippen LogP contribution is -2.47. The molecule has 2 fully saturated rings. The van der Waals surface area contributed by atoms with E-state index >= 15 is 0 Å². The molecule has 2 saturated heterocycles. The van der Waals surface area contributed by atoms with Crippen molar-refractivity contribution in [3.63, 3.8) is 0 Å². The minimum atomic E-state index is 0.0237. The molecule has 1 aromatic heterocycles. The van der Waals surface area contributed by atoms with Gasteiger partial charge >= 0.3 is 0 Å². The SMILES string of the molecule is Cc1ccc(C(=O)N2CCC(C(=O)N3CCOCC3)CC2)cc1-n1cccc1. The maximum Gasteiger partial charge on any atom is 0.253 e. The highest BCUT2D eigenvalue weighted by molar-refractivity contribution is 5.95. The molecule has 0 N–H and O–H groups in total. The standard InChI is InChI=1S/C22H27N3O3/c1-17-4-5-19(16-20(17)23-8-2-3-9-23)22(27)24-10-6-18(7-11-24)21(26)25-12-14-28-15-13-25/h2-5,8-9,16,18H,6-7,10-15H2,1H3. The molecule has 2 amide bonds. The van der Waals surface area contributed by atoms with Crippen LogP contribution in [0.15, 0.2) is 42.7 Å². The molecule has 0 saturated carbocycles. The van der Waals surface area contributed by atoms with E-state index in [9.17, 15) is 9.59 Å². The third kappa shape index (κ3) is 3.83. The second kappa shape index (κ2) is 8.19. The van der Waals surface area contributed by atoms with Crippen molar-refractivity contribution in [3.05, 3.63) is 53.9 Å². The van der Waals surface area contributed by atoms with E-state index < -0.39 is 0 Å². The van der Waals surface area contributed by atoms with Crippen LogP contribution in [-0.4, -0.2) is 65.6 Å². The van der Waals surface area contributed by atoms with Crippen molar-refractivity contribution in [2.45, 2.75) is 19.8 Å². The lowest BCUT2D eigenvalue weighted by molar-refractivity contribution is -0.141. The van der Waals surface area contributed by atoms with Crippen LogP contribution in [0.1, 0.15) is 28.8 Å². The van der Waals surface area contributed by atoms with Gasteiger partial charge in [0, 0.05) is 55.7 Å². The van der Waals surface area contributed by atoms with Gasteiger partial charge in [0.25, 0.3) is 5.91 Å². The van der Waals surface area contributed by atoms with E-state index in [0.29, 0.717) is 45.0 Å². The molecule has 0 unspecified atom stereocenters. The molecule has 4 rings (SSSR count). The number of piperidine rings is 1. The highest BCUT2D eigenvalue weighted by atomic mass is 16.5. The molecule has 0 radical (unpaired) electrons. The Morgan fingerprint density at radius 3 is 2.32 bits per heavy atom. The van der Waals surface area contributed by atoms with Gasteiger partial charge in [-0.25, -0.2) is 0 Å². The Balaban J connectivity index is 1.40. The number of rotatable bonds is 3. The Bertz CT molecular complexity index is 833. The van der Waals surface area contributed by atoms with Gasteiger partial charge in [0.2, 0.25) is 5.91 Å². The van der Waals surface area contributed by atoms with Crippen molar-refractivity contribution in [1.82, 2.24) is 14.4 Å². The smallest absolute Gasteiger partial charge is 0.253 e. The van der Waals surface area contributed by atoms with E-state index in [1.807, 2.05) is 64.0 Å². The Hall–Kier alpha value is -2.60. The highest BCUT2D eigenvalue weighted by Gasteiger charge is 2.31. The molecule has 0 spiro atoms. The number of morpholine rings is 1. The van der Waals surface area contributed by atoms with Crippen molar-refractivity contribution in [1.29, 1.82) is 0 Å². The number of aryl methyl sites for hydroxylation is 1. The van der Waals surface area contributed by atoms with Crippen LogP contribution in [-0.2, 0) is 9.53 Å². The van der Waals surface area contributed by atoms with Crippen LogP contribution in [0.25, 0.3) is 5.69 Å². The average molecular weight is 381 g/mol. The maximum atomic E-state index is 13.0. The number of carbonyl (C=O) groups excluding carboxylic acids is 2. The fourth-order valence-corrected chi connectivity index (χ4v) is 4.07.